The minimum Gasteiger partial charge on any atom is -0.494 e. The van der Waals surface area contributed by atoms with E-state index in [4.69, 9.17) is 16.1 Å². The Bertz CT molecular complexity index is 214. The van der Waals surface area contributed by atoms with Crippen molar-refractivity contribution in [1.82, 2.24) is 4.57 Å². The van der Waals surface area contributed by atoms with Gasteiger partial charge >= 0.3 is 0 Å². The smallest absolute Gasteiger partial charge is 0.193 e. The third kappa shape index (κ3) is 1.63. The van der Waals surface area contributed by atoms with Gasteiger partial charge in [0.15, 0.2) is 11.8 Å². The fourth-order valence-corrected chi connectivity index (χ4v) is 0.819. The summed E-state index contributed by atoms with van der Waals surface area (Å²) >= 11 is 0. The largest absolute Gasteiger partial charge is 0.494 e. The molecular weight excluding hydrogens is 148 g/mol. The average Bonchev–Trinajstić information content (AvgIpc) is 2.29. The van der Waals surface area contributed by atoms with Gasteiger partial charge in [-0.25, -0.2) is 5.90 Å². The first-order valence-corrected chi connectivity index (χ1v) is 3.15. The highest BCUT2D eigenvalue weighted by Crippen LogP contribution is 2.19. The van der Waals surface area contributed by atoms with Crippen LogP contribution < -0.4 is 5.90 Å². The van der Waals surface area contributed by atoms with Crippen LogP contribution >= 0.6 is 0 Å². The first kappa shape index (κ1) is 7.90. The monoisotopic (exact) mass is 158 g/mol. The normalized spacial score (nSPS) is 10.3. The molecule has 4 N–H and O–H groups in total. The summed E-state index contributed by atoms with van der Waals surface area (Å²) in [5.41, 5.74) is 0. The van der Waals surface area contributed by atoms with Gasteiger partial charge < -0.3 is 15.1 Å². The van der Waals surface area contributed by atoms with Crippen LogP contribution in [0.25, 0.3) is 0 Å². The molecule has 1 rings (SSSR count). The second-order valence-corrected chi connectivity index (χ2v) is 2.07. The standard InChI is InChI=1S/C6H10N2O3/c7-11-4-3-8-5(9)1-2-6(8)10/h1-2,9-10H,3-4,7H2. The number of nitrogens with zero attached hydrogens (tertiary/aromatic N) is 1. The lowest BCUT2D eigenvalue weighted by molar-refractivity contribution is 0.125. The molecule has 0 spiro atoms. The molecule has 0 aliphatic rings. The molecule has 0 bridgehead atoms. The maximum Gasteiger partial charge on any atom is 0.193 e. The molecule has 0 unspecified atom stereocenters. The van der Waals surface area contributed by atoms with E-state index in [1.165, 1.54) is 16.7 Å². The van der Waals surface area contributed by atoms with E-state index in [1.807, 2.05) is 0 Å². The lowest BCUT2D eigenvalue weighted by Crippen LogP contribution is -2.08. The van der Waals surface area contributed by atoms with Crippen LogP contribution in [0.15, 0.2) is 12.1 Å². The molecule has 62 valence electrons. The van der Waals surface area contributed by atoms with Crippen molar-refractivity contribution < 1.29 is 15.1 Å². The maximum absolute atomic E-state index is 9.06. The molecule has 0 aliphatic carbocycles. The molecule has 1 heterocycles. The van der Waals surface area contributed by atoms with Gasteiger partial charge in [-0.2, -0.15) is 0 Å². The minimum absolute atomic E-state index is 0.000417. The summed E-state index contributed by atoms with van der Waals surface area (Å²) in [5, 5.41) is 18.1. The quantitative estimate of drug-likeness (QED) is 0.532. The summed E-state index contributed by atoms with van der Waals surface area (Å²) < 4.78 is 1.28. The Hall–Kier alpha value is -1.20. The molecule has 0 saturated heterocycles. The zero-order chi connectivity index (χ0) is 8.27. The molecule has 0 saturated carbocycles. The molecule has 1 aromatic heterocycles. The fourth-order valence-electron chi connectivity index (χ4n) is 0.819. The molecule has 1 aromatic rings. The van der Waals surface area contributed by atoms with Crippen molar-refractivity contribution in [2.45, 2.75) is 6.54 Å². The zero-order valence-corrected chi connectivity index (χ0v) is 5.90. The third-order valence-electron chi connectivity index (χ3n) is 1.37. The molecule has 0 atom stereocenters. The second kappa shape index (κ2) is 3.27. The van der Waals surface area contributed by atoms with Crippen molar-refractivity contribution in [1.29, 1.82) is 0 Å². The molecule has 0 fully saturated rings. The van der Waals surface area contributed by atoms with Gasteiger partial charge in [0.2, 0.25) is 0 Å². The van der Waals surface area contributed by atoms with Crippen LogP contribution in [0.3, 0.4) is 0 Å². The molecule has 0 aromatic carbocycles. The molecule has 0 radical (unpaired) electrons. The zero-order valence-electron chi connectivity index (χ0n) is 5.90. The van der Waals surface area contributed by atoms with E-state index in [0.717, 1.165) is 0 Å². The Morgan fingerprint density at radius 1 is 1.36 bits per heavy atom. The number of rotatable bonds is 3. The lowest BCUT2D eigenvalue weighted by Gasteiger charge is -2.03. The fraction of sp³-hybridized carbons (Fsp3) is 0.333. The lowest BCUT2D eigenvalue weighted by atomic mass is 10.6. The third-order valence-corrected chi connectivity index (χ3v) is 1.37. The SMILES string of the molecule is NOCCn1c(O)ccc1O. The summed E-state index contributed by atoms with van der Waals surface area (Å²) in [6, 6.07) is 2.79. The number of aromatic hydroxyl groups is 2. The summed E-state index contributed by atoms with van der Waals surface area (Å²) in [7, 11) is 0. The Kier molecular flexibility index (Phi) is 2.35. The van der Waals surface area contributed by atoms with E-state index in [0.29, 0.717) is 6.54 Å². The van der Waals surface area contributed by atoms with Crippen LogP contribution in [0, 0.1) is 0 Å². The molecule has 11 heavy (non-hydrogen) atoms. The van der Waals surface area contributed by atoms with Crippen molar-refractivity contribution in [2.75, 3.05) is 6.61 Å². The summed E-state index contributed by atoms with van der Waals surface area (Å²) in [5.74, 6) is 4.77. The van der Waals surface area contributed by atoms with Gasteiger partial charge in [-0.3, -0.25) is 4.57 Å². The topological polar surface area (TPSA) is 80.6 Å². The van der Waals surface area contributed by atoms with Crippen LogP contribution in [0.2, 0.25) is 0 Å². The van der Waals surface area contributed by atoms with E-state index in [1.54, 1.807) is 0 Å². The molecule has 5 heteroatoms. The number of hydrogen-bond acceptors (Lipinski definition) is 4. The Morgan fingerprint density at radius 3 is 2.36 bits per heavy atom. The highest BCUT2D eigenvalue weighted by molar-refractivity contribution is 5.23. The van der Waals surface area contributed by atoms with Crippen molar-refractivity contribution in [3.8, 4) is 11.8 Å². The average molecular weight is 158 g/mol. The first-order chi connectivity index (χ1) is 5.25. The Balaban J connectivity index is 2.67. The summed E-state index contributed by atoms with van der Waals surface area (Å²) in [4.78, 5) is 4.28. The summed E-state index contributed by atoms with van der Waals surface area (Å²) in [6.45, 7) is 0.580. The molecule has 5 nitrogen and oxygen atoms in total. The van der Waals surface area contributed by atoms with Crippen LogP contribution in [0.1, 0.15) is 0 Å². The summed E-state index contributed by atoms with van der Waals surface area (Å²) in [6.07, 6.45) is 0. The van der Waals surface area contributed by atoms with Gasteiger partial charge in [0, 0.05) is 12.1 Å². The van der Waals surface area contributed by atoms with Crippen LogP contribution in [0.4, 0.5) is 0 Å². The van der Waals surface area contributed by atoms with Gasteiger partial charge in [-0.15, -0.1) is 0 Å². The van der Waals surface area contributed by atoms with Crippen LogP contribution in [0.5, 0.6) is 11.8 Å². The van der Waals surface area contributed by atoms with Gasteiger partial charge in [0.25, 0.3) is 0 Å². The van der Waals surface area contributed by atoms with Crippen molar-refractivity contribution in [3.63, 3.8) is 0 Å². The highest BCUT2D eigenvalue weighted by atomic mass is 16.6. The van der Waals surface area contributed by atoms with Gasteiger partial charge in [0.05, 0.1) is 13.2 Å². The predicted molar refractivity (Wildman–Crippen MR) is 37.9 cm³/mol. The van der Waals surface area contributed by atoms with E-state index < -0.39 is 0 Å². The highest BCUT2D eigenvalue weighted by Gasteiger charge is 2.03. The van der Waals surface area contributed by atoms with Gasteiger partial charge in [0.1, 0.15) is 0 Å². The van der Waals surface area contributed by atoms with E-state index >= 15 is 0 Å². The van der Waals surface area contributed by atoms with Crippen LogP contribution in [-0.2, 0) is 11.4 Å². The van der Waals surface area contributed by atoms with Gasteiger partial charge in [-0.1, -0.05) is 0 Å². The number of nitrogens with two attached hydrogens (primary N) is 1. The molecule has 0 aliphatic heterocycles. The van der Waals surface area contributed by atoms with Crippen molar-refractivity contribution >= 4 is 0 Å². The number of aromatic nitrogens is 1. The van der Waals surface area contributed by atoms with E-state index in [2.05, 4.69) is 4.84 Å². The predicted octanol–water partition coefficient (Wildman–Crippen LogP) is -0.210. The molecular formula is C6H10N2O3. The van der Waals surface area contributed by atoms with E-state index in [-0.39, 0.29) is 18.4 Å². The van der Waals surface area contributed by atoms with Crippen molar-refractivity contribution in [2.24, 2.45) is 5.90 Å². The Labute approximate surface area is 63.6 Å². The van der Waals surface area contributed by atoms with Gasteiger partial charge in [-0.05, 0) is 0 Å². The van der Waals surface area contributed by atoms with E-state index in [9.17, 15) is 0 Å². The second-order valence-electron chi connectivity index (χ2n) is 2.07. The first-order valence-electron chi connectivity index (χ1n) is 3.15. The van der Waals surface area contributed by atoms with Crippen LogP contribution in [-0.4, -0.2) is 21.4 Å². The molecule has 0 amide bonds. The Morgan fingerprint density at radius 2 is 1.91 bits per heavy atom. The van der Waals surface area contributed by atoms with Crippen molar-refractivity contribution in [3.05, 3.63) is 12.1 Å². The number of hydrogen-bond donors (Lipinski definition) is 3. The maximum atomic E-state index is 9.06. The minimum atomic E-state index is -0.000417.